The minimum absolute atomic E-state index is 0.0705. The van der Waals surface area contributed by atoms with Crippen molar-refractivity contribution in [2.75, 3.05) is 11.9 Å². The largest absolute Gasteiger partial charge is 0.355 e. The number of H-pyrrole nitrogens is 1. The lowest BCUT2D eigenvalue weighted by molar-refractivity contribution is 0.353. The topological polar surface area (TPSA) is 82.6 Å². The van der Waals surface area contributed by atoms with Gasteiger partial charge < -0.3 is 10.2 Å². The van der Waals surface area contributed by atoms with Crippen molar-refractivity contribution in [2.24, 2.45) is 0 Å². The van der Waals surface area contributed by atoms with Gasteiger partial charge in [0.2, 0.25) is 0 Å². The summed E-state index contributed by atoms with van der Waals surface area (Å²) >= 11 is 1.55. The molecular formula is C22H23N7S. The number of fused-ring (bicyclic) bond motifs is 3. The molecule has 152 valence electrons. The van der Waals surface area contributed by atoms with Gasteiger partial charge in [-0.3, -0.25) is 5.10 Å². The Kier molecular flexibility index (Phi) is 3.58. The third kappa shape index (κ3) is 2.98. The van der Waals surface area contributed by atoms with Crippen molar-refractivity contribution < 1.29 is 4.11 Å². The zero-order valence-corrected chi connectivity index (χ0v) is 17.1. The van der Waals surface area contributed by atoms with Crippen LogP contribution in [-0.4, -0.2) is 50.5 Å². The first-order valence-corrected chi connectivity index (χ1v) is 11.1. The van der Waals surface area contributed by atoms with E-state index in [1.165, 1.54) is 4.90 Å². The molecule has 1 unspecified atom stereocenters. The van der Waals surface area contributed by atoms with Crippen molar-refractivity contribution in [2.45, 2.75) is 43.8 Å². The maximum absolute atomic E-state index is 8.17. The molecule has 7 nitrogen and oxygen atoms in total. The highest BCUT2D eigenvalue weighted by Gasteiger charge is 2.35. The number of aromatic amines is 1. The van der Waals surface area contributed by atoms with E-state index < -0.39 is 6.98 Å². The Labute approximate surface area is 182 Å². The molecule has 0 spiro atoms. The van der Waals surface area contributed by atoms with Gasteiger partial charge in [-0.15, -0.1) is 21.5 Å². The molecular weight excluding hydrogens is 394 g/mol. The molecule has 2 aliphatic heterocycles. The Morgan fingerprint density at radius 2 is 1.97 bits per heavy atom. The fraction of sp³-hybridized carbons (Fsp3) is 0.364. The second kappa shape index (κ2) is 7.14. The Hall–Kier alpha value is -2.84. The van der Waals surface area contributed by atoms with Crippen LogP contribution in [0.15, 0.2) is 42.2 Å². The molecule has 4 aromatic rings. The number of nitrogens with one attached hydrogen (secondary N) is 2. The number of thiazole rings is 1. The van der Waals surface area contributed by atoms with Crippen LogP contribution in [0, 0.1) is 0 Å². The van der Waals surface area contributed by atoms with Crippen LogP contribution in [0.3, 0.4) is 0 Å². The molecule has 5 heterocycles. The number of hydrogen-bond acceptors (Lipinski definition) is 7. The van der Waals surface area contributed by atoms with Gasteiger partial charge in [0.05, 0.1) is 27.6 Å². The standard InChI is InChI=1S/C22H23N7S/c1-29(16-8-14-2-3-15(9-16)26-14)20-7-6-19(27-28-20)18-5-4-17(13-10-24-25-11-13)21-22(18)30-12-23-21/h4-7,10-12,14-16,26H,2-3,8-9H2,1H3,(H,24,25)/t14-,15+,16?/i1D3. The summed E-state index contributed by atoms with van der Waals surface area (Å²) in [6, 6.07) is 8.38. The van der Waals surface area contributed by atoms with Crippen molar-refractivity contribution in [3.05, 3.63) is 42.2 Å². The predicted octanol–water partition coefficient (Wildman–Crippen LogP) is 3.86. The monoisotopic (exact) mass is 420 g/mol. The van der Waals surface area contributed by atoms with Crippen LogP contribution in [0.4, 0.5) is 5.82 Å². The highest BCUT2D eigenvalue weighted by molar-refractivity contribution is 7.17. The van der Waals surface area contributed by atoms with Gasteiger partial charge in [0, 0.05) is 52.1 Å². The first-order chi connectivity index (χ1) is 16.0. The molecule has 0 aliphatic carbocycles. The summed E-state index contributed by atoms with van der Waals surface area (Å²) in [7, 11) is 0. The molecule has 2 bridgehead atoms. The first-order valence-electron chi connectivity index (χ1n) is 11.7. The molecule has 6 rings (SSSR count). The summed E-state index contributed by atoms with van der Waals surface area (Å²) in [5.74, 6) is 0.403. The van der Waals surface area contributed by atoms with Crippen LogP contribution in [0.5, 0.6) is 0 Å². The quantitative estimate of drug-likeness (QED) is 0.522. The van der Waals surface area contributed by atoms with Gasteiger partial charge in [-0.1, -0.05) is 12.1 Å². The average Bonchev–Trinajstić information content (AvgIpc) is 3.54. The van der Waals surface area contributed by atoms with E-state index in [0.717, 1.165) is 52.6 Å². The fourth-order valence-corrected chi connectivity index (χ4v) is 5.64. The van der Waals surface area contributed by atoms with Crippen LogP contribution in [-0.2, 0) is 0 Å². The van der Waals surface area contributed by atoms with Crippen LogP contribution in [0.25, 0.3) is 32.6 Å². The Morgan fingerprint density at radius 1 is 1.10 bits per heavy atom. The van der Waals surface area contributed by atoms with E-state index in [9.17, 15) is 0 Å². The second-order valence-electron chi connectivity index (χ2n) is 8.09. The van der Waals surface area contributed by atoms with Crippen molar-refractivity contribution in [1.82, 2.24) is 30.7 Å². The van der Waals surface area contributed by atoms with Crippen molar-refractivity contribution in [3.8, 4) is 22.4 Å². The Bertz CT molecular complexity index is 1260. The van der Waals surface area contributed by atoms with E-state index in [1.807, 2.05) is 29.9 Å². The molecule has 1 aromatic carbocycles. The number of nitrogens with zero attached hydrogens (tertiary/aromatic N) is 5. The molecule has 8 heteroatoms. The highest BCUT2D eigenvalue weighted by atomic mass is 32.1. The van der Waals surface area contributed by atoms with Crippen LogP contribution in [0.1, 0.15) is 29.8 Å². The van der Waals surface area contributed by atoms with E-state index >= 15 is 0 Å². The lowest BCUT2D eigenvalue weighted by Crippen LogP contribution is -2.47. The van der Waals surface area contributed by atoms with Crippen molar-refractivity contribution in [1.29, 1.82) is 0 Å². The SMILES string of the molecule is [2H]C([2H])([2H])N(c1ccc(-c2ccc(-c3cn[nH]c3)c3ncsc23)nn1)C1C[C@H]2CC[C@@H](C1)N2. The summed E-state index contributed by atoms with van der Waals surface area (Å²) in [4.78, 5) is 6.06. The summed E-state index contributed by atoms with van der Waals surface area (Å²) in [5.41, 5.74) is 6.31. The second-order valence-corrected chi connectivity index (χ2v) is 8.94. The van der Waals surface area contributed by atoms with E-state index in [1.54, 1.807) is 23.6 Å². The van der Waals surface area contributed by atoms with Gasteiger partial charge in [0.1, 0.15) is 0 Å². The number of hydrogen-bond donors (Lipinski definition) is 2. The summed E-state index contributed by atoms with van der Waals surface area (Å²) in [6.45, 7) is -2.27. The molecule has 0 saturated carbocycles. The van der Waals surface area contributed by atoms with Crippen LogP contribution < -0.4 is 10.2 Å². The van der Waals surface area contributed by atoms with Gasteiger partial charge in [-0.2, -0.15) is 5.10 Å². The molecule has 0 amide bonds. The van der Waals surface area contributed by atoms with E-state index in [4.69, 9.17) is 4.11 Å². The van der Waals surface area contributed by atoms with Crippen LogP contribution in [0.2, 0.25) is 0 Å². The lowest BCUT2D eigenvalue weighted by atomic mass is 9.98. The average molecular weight is 421 g/mol. The number of anilines is 1. The van der Waals surface area contributed by atoms with E-state index in [-0.39, 0.29) is 6.04 Å². The third-order valence-electron chi connectivity index (χ3n) is 6.28. The molecule has 2 fully saturated rings. The Morgan fingerprint density at radius 3 is 2.70 bits per heavy atom. The number of piperidine rings is 1. The van der Waals surface area contributed by atoms with Crippen LogP contribution >= 0.6 is 11.3 Å². The zero-order chi connectivity index (χ0) is 22.6. The normalized spacial score (nSPS) is 25.1. The maximum Gasteiger partial charge on any atom is 0.151 e. The molecule has 2 saturated heterocycles. The lowest BCUT2D eigenvalue weighted by Gasteiger charge is -2.36. The summed E-state index contributed by atoms with van der Waals surface area (Å²) in [6.07, 6.45) is 7.47. The molecule has 3 aromatic heterocycles. The molecule has 30 heavy (non-hydrogen) atoms. The molecule has 2 N–H and O–H groups in total. The van der Waals surface area contributed by atoms with E-state index in [0.29, 0.717) is 23.6 Å². The third-order valence-corrected chi connectivity index (χ3v) is 7.14. The highest BCUT2D eigenvalue weighted by Crippen LogP contribution is 2.37. The smallest absolute Gasteiger partial charge is 0.151 e. The van der Waals surface area contributed by atoms with Gasteiger partial charge in [-0.05, 0) is 37.8 Å². The molecule has 2 aliphatic rings. The van der Waals surface area contributed by atoms with Gasteiger partial charge >= 0.3 is 0 Å². The predicted molar refractivity (Wildman–Crippen MR) is 120 cm³/mol. The van der Waals surface area contributed by atoms with Gasteiger partial charge in [-0.25, -0.2) is 4.98 Å². The van der Waals surface area contributed by atoms with Crippen molar-refractivity contribution in [3.63, 3.8) is 0 Å². The summed E-state index contributed by atoms with van der Waals surface area (Å²) in [5, 5.41) is 19.3. The minimum atomic E-state index is -2.27. The first kappa shape index (κ1) is 15.0. The zero-order valence-electron chi connectivity index (χ0n) is 19.2. The Balaban J connectivity index is 1.34. The van der Waals surface area contributed by atoms with Crippen molar-refractivity contribution >= 4 is 27.4 Å². The maximum atomic E-state index is 8.17. The molecule has 0 radical (unpaired) electrons. The molecule has 3 atom stereocenters. The van der Waals surface area contributed by atoms with Gasteiger partial charge in [0.15, 0.2) is 5.82 Å². The number of rotatable bonds is 4. The minimum Gasteiger partial charge on any atom is -0.355 e. The van der Waals surface area contributed by atoms with E-state index in [2.05, 4.69) is 30.7 Å². The number of benzene rings is 1. The summed E-state index contributed by atoms with van der Waals surface area (Å²) < 4.78 is 25.5. The fourth-order valence-electron chi connectivity index (χ4n) is 4.81. The van der Waals surface area contributed by atoms with Gasteiger partial charge in [0.25, 0.3) is 0 Å². The number of aromatic nitrogens is 5.